The van der Waals surface area contributed by atoms with Gasteiger partial charge in [0.25, 0.3) is 0 Å². The van der Waals surface area contributed by atoms with E-state index in [0.717, 1.165) is 18.7 Å². The normalized spacial score (nSPS) is 12.7. The van der Waals surface area contributed by atoms with Crippen LogP contribution in [-0.4, -0.2) is 16.8 Å². The standard InChI is InChI=1S/C14H16Cl2FN3/c1-3-7-20-14(10(15)8-19-20)13(18-2)9-5-4-6-11(17)12(9)16/h4-6,8,13,18H,3,7H2,1-2H3. The van der Waals surface area contributed by atoms with Gasteiger partial charge in [-0.15, -0.1) is 0 Å². The molecule has 6 heteroatoms. The lowest BCUT2D eigenvalue weighted by atomic mass is 10.0. The number of aryl methyl sites for hydroxylation is 1. The number of nitrogens with zero attached hydrogens (tertiary/aromatic N) is 2. The molecule has 1 aromatic heterocycles. The van der Waals surface area contributed by atoms with Gasteiger partial charge in [0.15, 0.2) is 0 Å². The van der Waals surface area contributed by atoms with E-state index < -0.39 is 5.82 Å². The predicted molar refractivity (Wildman–Crippen MR) is 79.8 cm³/mol. The second-order valence-corrected chi connectivity index (χ2v) is 5.25. The number of rotatable bonds is 5. The van der Waals surface area contributed by atoms with Crippen molar-refractivity contribution in [3.63, 3.8) is 0 Å². The Balaban J connectivity index is 2.52. The summed E-state index contributed by atoms with van der Waals surface area (Å²) in [5.41, 5.74) is 1.44. The van der Waals surface area contributed by atoms with Crippen LogP contribution in [0.2, 0.25) is 10.0 Å². The summed E-state index contributed by atoms with van der Waals surface area (Å²) in [5.74, 6) is -0.443. The third kappa shape index (κ3) is 2.82. The summed E-state index contributed by atoms with van der Waals surface area (Å²) in [6, 6.07) is 4.45. The Hall–Kier alpha value is -1.10. The van der Waals surface area contributed by atoms with Crippen molar-refractivity contribution in [2.24, 2.45) is 0 Å². The van der Waals surface area contributed by atoms with Crippen molar-refractivity contribution in [2.75, 3.05) is 7.05 Å². The minimum atomic E-state index is -0.443. The molecule has 1 atom stereocenters. The topological polar surface area (TPSA) is 29.9 Å². The van der Waals surface area contributed by atoms with E-state index in [1.807, 2.05) is 4.68 Å². The Labute approximate surface area is 127 Å². The fourth-order valence-electron chi connectivity index (χ4n) is 2.23. The van der Waals surface area contributed by atoms with Gasteiger partial charge in [-0.1, -0.05) is 42.3 Å². The number of aromatic nitrogens is 2. The van der Waals surface area contributed by atoms with Crippen LogP contribution in [0.25, 0.3) is 0 Å². The van der Waals surface area contributed by atoms with Crippen molar-refractivity contribution in [1.29, 1.82) is 0 Å². The zero-order valence-corrected chi connectivity index (χ0v) is 12.8. The van der Waals surface area contributed by atoms with Crippen LogP contribution in [0.5, 0.6) is 0 Å². The van der Waals surface area contributed by atoms with Crippen LogP contribution >= 0.6 is 23.2 Å². The molecule has 2 rings (SSSR count). The maximum atomic E-state index is 13.7. The molecular formula is C14H16Cl2FN3. The van der Waals surface area contributed by atoms with Crippen molar-refractivity contribution in [3.05, 3.63) is 51.5 Å². The van der Waals surface area contributed by atoms with Crippen molar-refractivity contribution >= 4 is 23.2 Å². The molecule has 2 aromatic rings. The van der Waals surface area contributed by atoms with E-state index in [-0.39, 0.29) is 11.1 Å². The maximum absolute atomic E-state index is 13.7. The Morgan fingerprint density at radius 2 is 2.15 bits per heavy atom. The van der Waals surface area contributed by atoms with E-state index in [2.05, 4.69) is 17.3 Å². The first-order valence-corrected chi connectivity index (χ1v) is 7.18. The van der Waals surface area contributed by atoms with Gasteiger partial charge in [0.1, 0.15) is 5.82 Å². The molecule has 0 bridgehead atoms. The number of hydrogen-bond donors (Lipinski definition) is 1. The lowest BCUT2D eigenvalue weighted by molar-refractivity contribution is 0.532. The fraction of sp³-hybridized carbons (Fsp3) is 0.357. The summed E-state index contributed by atoms with van der Waals surface area (Å²) in [6.07, 6.45) is 2.53. The highest BCUT2D eigenvalue weighted by molar-refractivity contribution is 6.32. The molecule has 1 heterocycles. The van der Waals surface area contributed by atoms with Gasteiger partial charge in [-0.2, -0.15) is 5.10 Å². The van der Waals surface area contributed by atoms with Crippen LogP contribution in [0, 0.1) is 5.82 Å². The molecule has 1 unspecified atom stereocenters. The molecule has 0 fully saturated rings. The Kier molecular flexibility index (Phi) is 5.02. The molecule has 0 aliphatic rings. The minimum absolute atomic E-state index is 0.104. The largest absolute Gasteiger partial charge is 0.308 e. The third-order valence-electron chi connectivity index (χ3n) is 3.12. The summed E-state index contributed by atoms with van der Waals surface area (Å²) in [4.78, 5) is 0. The summed E-state index contributed by atoms with van der Waals surface area (Å²) in [7, 11) is 1.78. The fourth-order valence-corrected chi connectivity index (χ4v) is 2.72. The van der Waals surface area contributed by atoms with Crippen LogP contribution in [0.1, 0.15) is 30.6 Å². The molecule has 0 amide bonds. The van der Waals surface area contributed by atoms with Crippen molar-refractivity contribution < 1.29 is 4.39 Å². The molecule has 3 nitrogen and oxygen atoms in total. The van der Waals surface area contributed by atoms with Crippen molar-refractivity contribution in [1.82, 2.24) is 15.1 Å². The quantitative estimate of drug-likeness (QED) is 0.902. The molecule has 0 saturated heterocycles. The molecule has 0 aliphatic carbocycles. The van der Waals surface area contributed by atoms with Crippen LogP contribution in [-0.2, 0) is 6.54 Å². The van der Waals surface area contributed by atoms with E-state index in [4.69, 9.17) is 23.2 Å². The first-order chi connectivity index (χ1) is 9.60. The van der Waals surface area contributed by atoms with Gasteiger partial charge in [0, 0.05) is 6.54 Å². The zero-order valence-electron chi connectivity index (χ0n) is 11.3. The molecule has 1 aromatic carbocycles. The lowest BCUT2D eigenvalue weighted by Crippen LogP contribution is -2.22. The minimum Gasteiger partial charge on any atom is -0.308 e. The lowest BCUT2D eigenvalue weighted by Gasteiger charge is -2.20. The van der Waals surface area contributed by atoms with E-state index in [1.165, 1.54) is 6.07 Å². The van der Waals surface area contributed by atoms with Crippen molar-refractivity contribution in [3.8, 4) is 0 Å². The van der Waals surface area contributed by atoms with Crippen molar-refractivity contribution in [2.45, 2.75) is 25.9 Å². The highest BCUT2D eigenvalue weighted by Crippen LogP contribution is 2.33. The number of benzene rings is 1. The van der Waals surface area contributed by atoms with Crippen LogP contribution in [0.4, 0.5) is 4.39 Å². The van der Waals surface area contributed by atoms with Crippen LogP contribution < -0.4 is 5.32 Å². The van der Waals surface area contributed by atoms with Gasteiger partial charge in [0.05, 0.1) is 28.0 Å². The Morgan fingerprint density at radius 1 is 1.40 bits per heavy atom. The molecule has 108 valence electrons. The second kappa shape index (κ2) is 6.57. The average molecular weight is 316 g/mol. The monoisotopic (exact) mass is 315 g/mol. The molecule has 20 heavy (non-hydrogen) atoms. The summed E-state index contributed by atoms with van der Waals surface area (Å²) in [6.45, 7) is 2.80. The summed E-state index contributed by atoms with van der Waals surface area (Å²) < 4.78 is 15.5. The maximum Gasteiger partial charge on any atom is 0.142 e. The molecule has 0 saturated carbocycles. The Bertz CT molecular complexity index is 598. The SMILES string of the molecule is CCCn1ncc(Cl)c1C(NC)c1cccc(F)c1Cl. The predicted octanol–water partition coefficient (Wildman–Crippen LogP) is 4.05. The van der Waals surface area contributed by atoms with E-state index >= 15 is 0 Å². The zero-order chi connectivity index (χ0) is 14.7. The van der Waals surface area contributed by atoms with E-state index in [9.17, 15) is 4.39 Å². The highest BCUT2D eigenvalue weighted by atomic mass is 35.5. The van der Waals surface area contributed by atoms with Crippen LogP contribution in [0.3, 0.4) is 0 Å². The van der Waals surface area contributed by atoms with Gasteiger partial charge < -0.3 is 5.32 Å². The van der Waals surface area contributed by atoms with Gasteiger partial charge in [-0.05, 0) is 25.1 Å². The molecule has 1 N–H and O–H groups in total. The van der Waals surface area contributed by atoms with Crippen LogP contribution in [0.15, 0.2) is 24.4 Å². The summed E-state index contributed by atoms with van der Waals surface area (Å²) in [5, 5.41) is 8.04. The molecule has 0 aliphatic heterocycles. The Morgan fingerprint density at radius 3 is 2.80 bits per heavy atom. The smallest absolute Gasteiger partial charge is 0.142 e. The van der Waals surface area contributed by atoms with Gasteiger partial charge in [0.2, 0.25) is 0 Å². The van der Waals surface area contributed by atoms with Gasteiger partial charge in [-0.3, -0.25) is 4.68 Å². The average Bonchev–Trinajstić information content (AvgIpc) is 2.78. The van der Waals surface area contributed by atoms with Gasteiger partial charge >= 0.3 is 0 Å². The van der Waals surface area contributed by atoms with E-state index in [1.54, 1.807) is 25.4 Å². The van der Waals surface area contributed by atoms with Gasteiger partial charge in [-0.25, -0.2) is 4.39 Å². The molecular weight excluding hydrogens is 300 g/mol. The summed E-state index contributed by atoms with van der Waals surface area (Å²) >= 11 is 12.3. The number of hydrogen-bond acceptors (Lipinski definition) is 2. The highest BCUT2D eigenvalue weighted by Gasteiger charge is 2.23. The first-order valence-electron chi connectivity index (χ1n) is 6.42. The molecule has 0 radical (unpaired) electrons. The number of halogens is 3. The molecule has 0 spiro atoms. The second-order valence-electron chi connectivity index (χ2n) is 4.47. The first kappa shape index (κ1) is 15.3. The number of nitrogens with one attached hydrogen (secondary N) is 1. The van der Waals surface area contributed by atoms with E-state index in [0.29, 0.717) is 10.6 Å². The third-order valence-corrected chi connectivity index (χ3v) is 3.81.